The molecule has 1 amide bonds. The van der Waals surface area contributed by atoms with Gasteiger partial charge in [-0.25, -0.2) is 0 Å². The van der Waals surface area contributed by atoms with Crippen LogP contribution in [0.2, 0.25) is 0 Å². The van der Waals surface area contributed by atoms with E-state index in [1.807, 2.05) is 12.2 Å². The Balaban J connectivity index is 2.26. The molecule has 0 bridgehead atoms. The topological polar surface area (TPSA) is 84.1 Å². The van der Waals surface area contributed by atoms with Crippen LogP contribution in [0.25, 0.3) is 0 Å². The first kappa shape index (κ1) is 12.8. The Hall–Kier alpha value is -2.63. The van der Waals surface area contributed by atoms with Crippen LogP contribution in [0.1, 0.15) is 16.9 Å². The first-order valence-corrected chi connectivity index (χ1v) is 5.67. The summed E-state index contributed by atoms with van der Waals surface area (Å²) in [6.45, 7) is 0. The fraction of sp³-hybridized carbons (Fsp3) is 0.154. The van der Waals surface area contributed by atoms with Crippen molar-refractivity contribution in [3.63, 3.8) is 0 Å². The van der Waals surface area contributed by atoms with E-state index in [0.29, 0.717) is 23.3 Å². The second-order valence-electron chi connectivity index (χ2n) is 3.79. The molecule has 1 aliphatic carbocycles. The van der Waals surface area contributed by atoms with Crippen molar-refractivity contribution >= 4 is 17.9 Å². The summed E-state index contributed by atoms with van der Waals surface area (Å²) in [6.07, 6.45) is 9.88. The standard InChI is InChI=1S/C13H13N3O3/c1-19-12-6-4-2-3-5-9(12)13(18)15-10-7-14-16-11(10)8-17/h3-8H,2H2,1H3,(H,14,16)(H,15,18). The van der Waals surface area contributed by atoms with E-state index in [1.54, 1.807) is 12.2 Å². The van der Waals surface area contributed by atoms with E-state index >= 15 is 0 Å². The monoisotopic (exact) mass is 259 g/mol. The van der Waals surface area contributed by atoms with Crippen molar-refractivity contribution in [2.75, 3.05) is 12.4 Å². The Morgan fingerprint density at radius 1 is 1.47 bits per heavy atom. The lowest BCUT2D eigenvalue weighted by atomic mass is 10.2. The van der Waals surface area contributed by atoms with E-state index in [4.69, 9.17) is 4.74 Å². The minimum absolute atomic E-state index is 0.223. The highest BCUT2D eigenvalue weighted by Crippen LogP contribution is 2.17. The fourth-order valence-electron chi connectivity index (χ4n) is 1.65. The van der Waals surface area contributed by atoms with Crippen molar-refractivity contribution < 1.29 is 14.3 Å². The zero-order valence-corrected chi connectivity index (χ0v) is 10.3. The molecule has 0 saturated heterocycles. The number of nitrogens with zero attached hydrogens (tertiary/aromatic N) is 1. The quantitative estimate of drug-likeness (QED) is 0.804. The van der Waals surface area contributed by atoms with Gasteiger partial charge in [0.25, 0.3) is 5.91 Å². The van der Waals surface area contributed by atoms with Gasteiger partial charge in [-0.15, -0.1) is 0 Å². The van der Waals surface area contributed by atoms with Gasteiger partial charge < -0.3 is 10.1 Å². The maximum Gasteiger partial charge on any atom is 0.259 e. The molecule has 98 valence electrons. The van der Waals surface area contributed by atoms with Gasteiger partial charge in [0.05, 0.1) is 24.6 Å². The summed E-state index contributed by atoms with van der Waals surface area (Å²) >= 11 is 0. The van der Waals surface area contributed by atoms with E-state index in [-0.39, 0.29) is 11.6 Å². The Labute approximate surface area is 109 Å². The third-order valence-corrected chi connectivity index (χ3v) is 2.59. The smallest absolute Gasteiger partial charge is 0.259 e. The number of allylic oxidation sites excluding steroid dienone is 3. The molecular weight excluding hydrogens is 246 g/mol. The van der Waals surface area contributed by atoms with Crippen LogP contribution in [-0.4, -0.2) is 29.5 Å². The van der Waals surface area contributed by atoms with Gasteiger partial charge >= 0.3 is 0 Å². The molecule has 0 aliphatic heterocycles. The van der Waals surface area contributed by atoms with Gasteiger partial charge in [-0.2, -0.15) is 5.10 Å². The van der Waals surface area contributed by atoms with Crippen LogP contribution in [0.3, 0.4) is 0 Å². The normalized spacial score (nSPS) is 14.2. The summed E-state index contributed by atoms with van der Waals surface area (Å²) in [5.74, 6) is 0.117. The highest BCUT2D eigenvalue weighted by molar-refractivity contribution is 6.07. The molecule has 0 radical (unpaired) electrons. The average molecular weight is 259 g/mol. The van der Waals surface area contributed by atoms with Gasteiger partial charge in [0, 0.05) is 0 Å². The molecule has 0 aromatic carbocycles. The zero-order valence-electron chi connectivity index (χ0n) is 10.3. The SMILES string of the molecule is COC1=C(C(=O)Nc2cn[nH]c2C=O)C=CCC=C1. The number of hydrogen-bond donors (Lipinski definition) is 2. The first-order valence-electron chi connectivity index (χ1n) is 5.67. The number of aromatic nitrogens is 2. The lowest BCUT2D eigenvalue weighted by Gasteiger charge is -2.07. The molecular formula is C13H13N3O3. The zero-order chi connectivity index (χ0) is 13.7. The Kier molecular flexibility index (Phi) is 3.92. The van der Waals surface area contributed by atoms with E-state index in [0.717, 1.165) is 6.42 Å². The number of ether oxygens (including phenoxy) is 1. The molecule has 0 saturated carbocycles. The van der Waals surface area contributed by atoms with Gasteiger partial charge in [-0.1, -0.05) is 12.2 Å². The number of rotatable bonds is 4. The number of anilines is 1. The maximum absolute atomic E-state index is 12.2. The number of H-pyrrole nitrogens is 1. The minimum atomic E-state index is -0.357. The van der Waals surface area contributed by atoms with Crippen LogP contribution in [0.5, 0.6) is 0 Å². The molecule has 6 heteroatoms. The average Bonchev–Trinajstić information content (AvgIpc) is 2.73. The Morgan fingerprint density at radius 3 is 3.00 bits per heavy atom. The summed E-state index contributed by atoms with van der Waals surface area (Å²) in [6, 6.07) is 0. The van der Waals surface area contributed by atoms with Gasteiger partial charge in [-0.05, 0) is 18.6 Å². The molecule has 0 unspecified atom stereocenters. The van der Waals surface area contributed by atoms with Gasteiger partial charge in [0.2, 0.25) is 0 Å². The molecule has 19 heavy (non-hydrogen) atoms. The van der Waals surface area contributed by atoms with Crippen molar-refractivity contribution in [1.29, 1.82) is 0 Å². The number of amides is 1. The predicted octanol–water partition coefficient (Wildman–Crippen LogP) is 1.58. The van der Waals surface area contributed by atoms with Gasteiger partial charge in [-0.3, -0.25) is 14.7 Å². The number of methoxy groups -OCH3 is 1. The predicted molar refractivity (Wildman–Crippen MR) is 69.5 cm³/mol. The summed E-state index contributed by atoms with van der Waals surface area (Å²) in [7, 11) is 1.50. The molecule has 0 spiro atoms. The first-order chi connectivity index (χ1) is 9.26. The van der Waals surface area contributed by atoms with E-state index in [2.05, 4.69) is 15.5 Å². The molecule has 1 aliphatic rings. The lowest BCUT2D eigenvalue weighted by molar-refractivity contribution is -0.112. The molecule has 0 atom stereocenters. The summed E-state index contributed by atoms with van der Waals surface area (Å²) in [5, 5.41) is 8.80. The number of nitrogens with one attached hydrogen (secondary N) is 2. The van der Waals surface area contributed by atoms with E-state index in [9.17, 15) is 9.59 Å². The maximum atomic E-state index is 12.2. The summed E-state index contributed by atoms with van der Waals surface area (Å²) in [4.78, 5) is 22.9. The highest BCUT2D eigenvalue weighted by atomic mass is 16.5. The molecule has 1 heterocycles. The molecule has 1 aromatic rings. The van der Waals surface area contributed by atoms with Crippen LogP contribution in [0, 0.1) is 0 Å². The van der Waals surface area contributed by atoms with Crippen molar-refractivity contribution in [3.05, 3.63) is 47.5 Å². The summed E-state index contributed by atoms with van der Waals surface area (Å²) in [5.41, 5.74) is 0.958. The second-order valence-corrected chi connectivity index (χ2v) is 3.79. The minimum Gasteiger partial charge on any atom is -0.496 e. The van der Waals surface area contributed by atoms with Gasteiger partial charge in [0.1, 0.15) is 11.5 Å². The number of carbonyl (C=O) groups excluding carboxylic acids is 2. The Morgan fingerprint density at radius 2 is 2.26 bits per heavy atom. The number of aromatic amines is 1. The van der Waals surface area contributed by atoms with Crippen LogP contribution < -0.4 is 5.32 Å². The number of hydrogen-bond acceptors (Lipinski definition) is 4. The molecule has 2 N–H and O–H groups in total. The molecule has 2 rings (SSSR count). The fourth-order valence-corrected chi connectivity index (χ4v) is 1.65. The van der Waals surface area contributed by atoms with Crippen molar-refractivity contribution in [3.8, 4) is 0 Å². The second kappa shape index (κ2) is 5.81. The van der Waals surface area contributed by atoms with Crippen molar-refractivity contribution in [2.45, 2.75) is 6.42 Å². The summed E-state index contributed by atoms with van der Waals surface area (Å²) < 4.78 is 5.17. The van der Waals surface area contributed by atoms with Crippen LogP contribution in [0.4, 0.5) is 5.69 Å². The third-order valence-electron chi connectivity index (χ3n) is 2.59. The molecule has 0 fully saturated rings. The largest absolute Gasteiger partial charge is 0.496 e. The van der Waals surface area contributed by atoms with E-state index in [1.165, 1.54) is 13.3 Å². The number of aldehydes is 1. The van der Waals surface area contributed by atoms with Crippen molar-refractivity contribution in [1.82, 2.24) is 10.2 Å². The van der Waals surface area contributed by atoms with Crippen LogP contribution in [0.15, 0.2) is 41.8 Å². The van der Waals surface area contributed by atoms with E-state index < -0.39 is 0 Å². The molecule has 1 aromatic heterocycles. The highest BCUT2D eigenvalue weighted by Gasteiger charge is 2.15. The number of carbonyl (C=O) groups is 2. The van der Waals surface area contributed by atoms with Crippen LogP contribution >= 0.6 is 0 Å². The molecule has 6 nitrogen and oxygen atoms in total. The van der Waals surface area contributed by atoms with Gasteiger partial charge in [0.15, 0.2) is 6.29 Å². The third kappa shape index (κ3) is 2.79. The Bertz CT molecular complexity index is 582. The lowest BCUT2D eigenvalue weighted by Crippen LogP contribution is -2.15. The van der Waals surface area contributed by atoms with Crippen molar-refractivity contribution in [2.24, 2.45) is 0 Å². The van der Waals surface area contributed by atoms with Crippen LogP contribution in [-0.2, 0) is 9.53 Å².